The van der Waals surface area contributed by atoms with Crippen LogP contribution in [0.2, 0.25) is 0 Å². The number of carbonyl (C=O) groups excluding carboxylic acids is 1. The number of nitrogens with two attached hydrogens (primary N) is 2. The van der Waals surface area contributed by atoms with E-state index >= 15 is 0 Å². The van der Waals surface area contributed by atoms with Crippen molar-refractivity contribution in [3.63, 3.8) is 0 Å². The van der Waals surface area contributed by atoms with Gasteiger partial charge < -0.3 is 16.2 Å². The van der Waals surface area contributed by atoms with Gasteiger partial charge in [-0.2, -0.15) is 5.26 Å². The Labute approximate surface area is 176 Å². The lowest BCUT2D eigenvalue weighted by molar-refractivity contribution is -0.144. The van der Waals surface area contributed by atoms with Crippen molar-refractivity contribution < 1.29 is 13.9 Å². The number of nitriles is 1. The average molecular weight is 413 g/mol. The van der Waals surface area contributed by atoms with Crippen molar-refractivity contribution in [3.05, 3.63) is 35.6 Å². The Morgan fingerprint density at radius 2 is 1.90 bits per heavy atom. The summed E-state index contributed by atoms with van der Waals surface area (Å²) in [5.41, 5.74) is 11.6. The molecule has 30 heavy (non-hydrogen) atoms. The third-order valence-corrected chi connectivity index (χ3v) is 7.46. The topological polar surface area (TPSA) is 114 Å². The number of primary amides is 1. The van der Waals surface area contributed by atoms with E-state index in [2.05, 4.69) is 6.07 Å². The number of hydrogen-bond acceptors (Lipinski definition) is 4. The highest BCUT2D eigenvalue weighted by Gasteiger charge is 2.58. The van der Waals surface area contributed by atoms with Gasteiger partial charge in [0.15, 0.2) is 0 Å². The number of nitrogens with zero attached hydrogens (tertiary/aromatic N) is 2. The minimum Gasteiger partial charge on any atom is -0.385 e. The Hall–Kier alpha value is -2.46. The Balaban J connectivity index is 1.52. The maximum atomic E-state index is 13.1. The van der Waals surface area contributed by atoms with E-state index in [1.807, 2.05) is 0 Å². The van der Waals surface area contributed by atoms with Crippen LogP contribution in [0.15, 0.2) is 29.3 Å². The van der Waals surface area contributed by atoms with Crippen molar-refractivity contribution in [1.29, 1.82) is 5.26 Å². The van der Waals surface area contributed by atoms with E-state index < -0.39 is 5.60 Å². The lowest BCUT2D eigenvalue weighted by Gasteiger charge is -2.57. The molecular formula is C23H29FN4O2. The van der Waals surface area contributed by atoms with Gasteiger partial charge in [0.25, 0.3) is 0 Å². The summed E-state index contributed by atoms with van der Waals surface area (Å²) in [5, 5.41) is 9.35. The third kappa shape index (κ3) is 3.69. The number of carbonyl (C=O) groups is 1. The molecule has 3 atom stereocenters. The van der Waals surface area contributed by atoms with Gasteiger partial charge in [0.1, 0.15) is 17.3 Å². The number of amides is 1. The minimum atomic E-state index is -1.03. The Morgan fingerprint density at radius 3 is 2.47 bits per heavy atom. The fourth-order valence-electron chi connectivity index (χ4n) is 6.00. The van der Waals surface area contributed by atoms with E-state index in [0.29, 0.717) is 23.6 Å². The van der Waals surface area contributed by atoms with Crippen molar-refractivity contribution in [2.75, 3.05) is 0 Å². The van der Waals surface area contributed by atoms with Crippen LogP contribution in [0.3, 0.4) is 0 Å². The lowest BCUT2D eigenvalue weighted by Crippen LogP contribution is -2.58. The van der Waals surface area contributed by atoms with E-state index in [1.165, 1.54) is 12.1 Å². The highest BCUT2D eigenvalue weighted by atomic mass is 19.1. The number of benzene rings is 1. The number of amidine groups is 1. The molecule has 0 saturated heterocycles. The lowest BCUT2D eigenvalue weighted by atomic mass is 9.48. The first-order valence-electron chi connectivity index (χ1n) is 10.6. The Bertz CT molecular complexity index is 877. The van der Waals surface area contributed by atoms with Gasteiger partial charge in [0, 0.05) is 5.41 Å². The standard InChI is InChI=1S/C23H29FN4O2/c1-22(6-7-25,30-13-14-2-4-18(24)5-3-14)20(26)28-19-16-8-15-9-17(19)12-23(10-15,11-16)21(27)29/h2-5,15-17,19H,6,8-13H2,1H3,(H2,26,28)(H2,27,29). The summed E-state index contributed by atoms with van der Waals surface area (Å²) in [6.45, 7) is 1.98. The zero-order valence-corrected chi connectivity index (χ0v) is 17.3. The summed E-state index contributed by atoms with van der Waals surface area (Å²) in [5.74, 6) is 0.973. The zero-order valence-electron chi connectivity index (χ0n) is 17.3. The fourth-order valence-corrected chi connectivity index (χ4v) is 6.00. The molecule has 5 rings (SSSR count). The third-order valence-electron chi connectivity index (χ3n) is 7.46. The SMILES string of the molecule is CC(CC#N)(OCc1ccc(F)cc1)C(N)=NC1C2CC3CC1CC(C(N)=O)(C3)C2. The molecule has 4 bridgehead atoms. The number of aliphatic imine (C=N–C) groups is 1. The van der Waals surface area contributed by atoms with Gasteiger partial charge >= 0.3 is 0 Å². The van der Waals surface area contributed by atoms with Gasteiger partial charge in [-0.25, -0.2) is 4.39 Å². The molecule has 0 radical (unpaired) electrons. The molecule has 6 nitrogen and oxygen atoms in total. The van der Waals surface area contributed by atoms with Gasteiger partial charge in [0.05, 0.1) is 25.1 Å². The van der Waals surface area contributed by atoms with Crippen LogP contribution in [-0.2, 0) is 16.1 Å². The van der Waals surface area contributed by atoms with Crippen LogP contribution in [0.25, 0.3) is 0 Å². The highest BCUT2D eigenvalue weighted by Crippen LogP contribution is 2.60. The van der Waals surface area contributed by atoms with Crippen LogP contribution in [0, 0.1) is 40.3 Å². The second-order valence-corrected chi connectivity index (χ2v) is 9.60. The van der Waals surface area contributed by atoms with Crippen LogP contribution in [0.1, 0.15) is 51.0 Å². The van der Waals surface area contributed by atoms with Gasteiger partial charge in [-0.1, -0.05) is 12.1 Å². The fraction of sp³-hybridized carbons (Fsp3) is 0.609. The maximum Gasteiger partial charge on any atom is 0.223 e. The molecule has 4 aliphatic rings. The number of hydrogen-bond donors (Lipinski definition) is 2. The largest absolute Gasteiger partial charge is 0.385 e. The van der Waals surface area contributed by atoms with Crippen molar-refractivity contribution in [2.45, 2.75) is 63.7 Å². The summed E-state index contributed by atoms with van der Waals surface area (Å²) in [7, 11) is 0. The number of halogens is 1. The van der Waals surface area contributed by atoms with Crippen molar-refractivity contribution >= 4 is 11.7 Å². The highest BCUT2D eigenvalue weighted by molar-refractivity contribution is 5.89. The Kier molecular flexibility index (Phi) is 5.31. The number of rotatable bonds is 7. The molecule has 1 aromatic rings. The first-order chi connectivity index (χ1) is 14.2. The van der Waals surface area contributed by atoms with E-state index in [-0.39, 0.29) is 36.2 Å². The second kappa shape index (κ2) is 7.66. The molecule has 160 valence electrons. The molecule has 4 N–H and O–H groups in total. The first-order valence-corrected chi connectivity index (χ1v) is 10.6. The van der Waals surface area contributed by atoms with Crippen LogP contribution in [-0.4, -0.2) is 23.4 Å². The average Bonchev–Trinajstić information content (AvgIpc) is 2.70. The van der Waals surface area contributed by atoms with Gasteiger partial charge in [-0.15, -0.1) is 0 Å². The Morgan fingerprint density at radius 1 is 1.27 bits per heavy atom. The van der Waals surface area contributed by atoms with E-state index in [0.717, 1.165) is 37.7 Å². The smallest absolute Gasteiger partial charge is 0.223 e. The van der Waals surface area contributed by atoms with Gasteiger partial charge in [0.2, 0.25) is 5.91 Å². The molecule has 0 spiro atoms. The molecule has 1 aromatic carbocycles. The molecule has 0 aromatic heterocycles. The molecule has 4 fully saturated rings. The minimum absolute atomic E-state index is 0.0430. The summed E-state index contributed by atoms with van der Waals surface area (Å²) < 4.78 is 19.2. The van der Waals surface area contributed by atoms with Gasteiger partial charge in [-0.3, -0.25) is 9.79 Å². The van der Waals surface area contributed by atoms with E-state index in [1.54, 1.807) is 19.1 Å². The first kappa shape index (κ1) is 20.8. The van der Waals surface area contributed by atoms with E-state index in [9.17, 15) is 14.4 Å². The second-order valence-electron chi connectivity index (χ2n) is 9.60. The summed E-state index contributed by atoms with van der Waals surface area (Å²) in [6, 6.07) is 8.24. The normalized spacial score (nSPS) is 34.4. The summed E-state index contributed by atoms with van der Waals surface area (Å²) in [4.78, 5) is 17.0. The van der Waals surface area contributed by atoms with E-state index in [4.69, 9.17) is 21.2 Å². The molecule has 3 unspecified atom stereocenters. The summed E-state index contributed by atoms with van der Waals surface area (Å²) in [6.07, 6.45) is 4.65. The molecule has 7 heteroatoms. The molecule has 0 aliphatic heterocycles. The predicted molar refractivity (Wildman–Crippen MR) is 110 cm³/mol. The van der Waals surface area contributed by atoms with Crippen LogP contribution in [0.5, 0.6) is 0 Å². The van der Waals surface area contributed by atoms with Crippen molar-refractivity contribution in [2.24, 2.45) is 39.6 Å². The van der Waals surface area contributed by atoms with Gasteiger partial charge in [-0.05, 0) is 74.5 Å². The number of ether oxygens (including phenoxy) is 1. The molecule has 0 heterocycles. The van der Waals surface area contributed by atoms with Crippen LogP contribution < -0.4 is 11.5 Å². The summed E-state index contributed by atoms with van der Waals surface area (Å²) >= 11 is 0. The maximum absolute atomic E-state index is 13.1. The molecule has 4 aliphatic carbocycles. The predicted octanol–water partition coefficient (Wildman–Crippen LogP) is 3.05. The quantitative estimate of drug-likeness (QED) is 0.529. The van der Waals surface area contributed by atoms with Crippen LogP contribution in [0.4, 0.5) is 4.39 Å². The van der Waals surface area contributed by atoms with Crippen molar-refractivity contribution in [1.82, 2.24) is 0 Å². The van der Waals surface area contributed by atoms with Crippen molar-refractivity contribution in [3.8, 4) is 6.07 Å². The molecule has 1 amide bonds. The van der Waals surface area contributed by atoms with Crippen LogP contribution >= 0.6 is 0 Å². The monoisotopic (exact) mass is 412 g/mol. The molecular weight excluding hydrogens is 383 g/mol. The molecule has 4 saturated carbocycles. The zero-order chi connectivity index (χ0) is 21.5.